The predicted molar refractivity (Wildman–Crippen MR) is 107 cm³/mol. The van der Waals surface area contributed by atoms with Gasteiger partial charge in [-0.05, 0) is 25.5 Å². The van der Waals surface area contributed by atoms with Crippen molar-refractivity contribution in [2.45, 2.75) is 25.9 Å². The Hall–Kier alpha value is -2.71. The van der Waals surface area contributed by atoms with Crippen molar-refractivity contribution < 1.29 is 9.59 Å². The van der Waals surface area contributed by atoms with Crippen molar-refractivity contribution in [3.63, 3.8) is 0 Å². The predicted octanol–water partition coefficient (Wildman–Crippen LogP) is 1.88. The second-order valence-electron chi connectivity index (χ2n) is 6.50. The molecule has 3 aromatic rings. The van der Waals surface area contributed by atoms with Crippen LogP contribution in [0.5, 0.6) is 0 Å². The quantitative estimate of drug-likeness (QED) is 0.603. The van der Waals surface area contributed by atoms with Gasteiger partial charge in [0.25, 0.3) is 5.91 Å². The molecule has 2 atom stereocenters. The lowest BCUT2D eigenvalue weighted by atomic mass is 10.1. The monoisotopic (exact) mass is 385 g/mol. The Morgan fingerprint density at radius 3 is 2.67 bits per heavy atom. The zero-order valence-electron chi connectivity index (χ0n) is 15.5. The van der Waals surface area contributed by atoms with Gasteiger partial charge in [0.2, 0.25) is 5.91 Å². The average Bonchev–Trinajstić information content (AvgIpc) is 3.21. The summed E-state index contributed by atoms with van der Waals surface area (Å²) in [4.78, 5) is 26.2. The minimum absolute atomic E-state index is 0.270. The SMILES string of the molecule is Cc1nn(C)c2sc(C(=O)NC(C)C(=O)NCC(N)c3ccccc3)cc12. The largest absolute Gasteiger partial charge is 0.352 e. The van der Waals surface area contributed by atoms with Crippen LogP contribution in [-0.2, 0) is 11.8 Å². The summed E-state index contributed by atoms with van der Waals surface area (Å²) in [5, 5.41) is 10.8. The number of aryl methyl sites for hydroxylation is 2. The van der Waals surface area contributed by atoms with Gasteiger partial charge in [0.15, 0.2) is 0 Å². The van der Waals surface area contributed by atoms with Gasteiger partial charge in [-0.15, -0.1) is 11.3 Å². The highest BCUT2D eigenvalue weighted by Crippen LogP contribution is 2.27. The van der Waals surface area contributed by atoms with Crippen molar-refractivity contribution in [1.29, 1.82) is 0 Å². The number of nitrogens with two attached hydrogens (primary N) is 1. The van der Waals surface area contributed by atoms with Crippen molar-refractivity contribution in [1.82, 2.24) is 20.4 Å². The number of benzene rings is 1. The summed E-state index contributed by atoms with van der Waals surface area (Å²) in [7, 11) is 1.85. The molecule has 27 heavy (non-hydrogen) atoms. The molecule has 4 N–H and O–H groups in total. The number of carbonyl (C=O) groups excluding carboxylic acids is 2. The van der Waals surface area contributed by atoms with E-state index in [9.17, 15) is 9.59 Å². The van der Waals surface area contributed by atoms with Crippen LogP contribution in [0.3, 0.4) is 0 Å². The third-order valence-corrected chi connectivity index (χ3v) is 5.59. The van der Waals surface area contributed by atoms with Crippen LogP contribution in [0.1, 0.15) is 33.9 Å². The Morgan fingerprint density at radius 2 is 2.00 bits per heavy atom. The highest BCUT2D eigenvalue weighted by atomic mass is 32.1. The summed E-state index contributed by atoms with van der Waals surface area (Å²) in [6.07, 6.45) is 0. The smallest absolute Gasteiger partial charge is 0.262 e. The summed E-state index contributed by atoms with van der Waals surface area (Å²) in [6, 6.07) is 10.4. The number of hydrogen-bond acceptors (Lipinski definition) is 5. The van der Waals surface area contributed by atoms with Crippen LogP contribution in [-0.4, -0.2) is 34.2 Å². The van der Waals surface area contributed by atoms with E-state index in [1.807, 2.05) is 50.4 Å². The fourth-order valence-corrected chi connectivity index (χ4v) is 3.86. The number of amides is 2. The van der Waals surface area contributed by atoms with Gasteiger partial charge in [0, 0.05) is 25.0 Å². The summed E-state index contributed by atoms with van der Waals surface area (Å²) < 4.78 is 1.76. The first-order chi connectivity index (χ1) is 12.9. The molecule has 7 nitrogen and oxygen atoms in total. The third kappa shape index (κ3) is 4.17. The summed E-state index contributed by atoms with van der Waals surface area (Å²) in [6.45, 7) is 3.86. The Bertz CT molecular complexity index is 929. The number of nitrogens with one attached hydrogen (secondary N) is 2. The van der Waals surface area contributed by atoms with E-state index in [-0.39, 0.29) is 17.9 Å². The van der Waals surface area contributed by atoms with Gasteiger partial charge in [-0.1, -0.05) is 30.3 Å². The molecular weight excluding hydrogens is 362 g/mol. The molecular formula is C19H23N5O2S. The third-order valence-electron chi connectivity index (χ3n) is 4.38. The molecule has 2 aromatic heterocycles. The molecule has 0 saturated carbocycles. The van der Waals surface area contributed by atoms with E-state index in [0.717, 1.165) is 21.5 Å². The van der Waals surface area contributed by atoms with E-state index in [1.165, 1.54) is 11.3 Å². The Labute approximate surface area is 161 Å². The van der Waals surface area contributed by atoms with Crippen LogP contribution in [0, 0.1) is 6.92 Å². The van der Waals surface area contributed by atoms with E-state index in [0.29, 0.717) is 11.4 Å². The highest BCUT2D eigenvalue weighted by molar-refractivity contribution is 7.20. The first-order valence-electron chi connectivity index (χ1n) is 8.69. The Balaban J connectivity index is 1.56. The van der Waals surface area contributed by atoms with Crippen molar-refractivity contribution >= 4 is 33.4 Å². The van der Waals surface area contributed by atoms with Gasteiger partial charge >= 0.3 is 0 Å². The van der Waals surface area contributed by atoms with Gasteiger partial charge in [-0.3, -0.25) is 14.3 Å². The number of rotatable bonds is 6. The fourth-order valence-electron chi connectivity index (χ4n) is 2.83. The van der Waals surface area contributed by atoms with Gasteiger partial charge in [-0.2, -0.15) is 5.10 Å². The molecule has 0 bridgehead atoms. The van der Waals surface area contributed by atoms with Gasteiger partial charge < -0.3 is 16.4 Å². The number of thiophene rings is 1. The molecule has 3 rings (SSSR count). The molecule has 2 unspecified atom stereocenters. The molecule has 0 aliphatic rings. The molecule has 1 aromatic carbocycles. The zero-order chi connectivity index (χ0) is 19.6. The first-order valence-corrected chi connectivity index (χ1v) is 9.50. The summed E-state index contributed by atoms with van der Waals surface area (Å²) in [5.41, 5.74) is 7.91. The molecule has 0 saturated heterocycles. The number of carbonyl (C=O) groups is 2. The van der Waals surface area contributed by atoms with Gasteiger partial charge in [0.1, 0.15) is 10.9 Å². The van der Waals surface area contributed by atoms with Crippen LogP contribution in [0.4, 0.5) is 0 Å². The Kier molecular flexibility index (Phi) is 5.57. The van der Waals surface area contributed by atoms with Crippen molar-refractivity contribution in [2.75, 3.05) is 6.54 Å². The maximum absolute atomic E-state index is 12.5. The minimum atomic E-state index is -0.662. The van der Waals surface area contributed by atoms with E-state index in [1.54, 1.807) is 11.6 Å². The van der Waals surface area contributed by atoms with Crippen LogP contribution < -0.4 is 16.4 Å². The Morgan fingerprint density at radius 1 is 1.30 bits per heavy atom. The average molecular weight is 385 g/mol. The van der Waals surface area contributed by atoms with Gasteiger partial charge in [0.05, 0.1) is 10.6 Å². The second kappa shape index (κ2) is 7.89. The number of aromatic nitrogens is 2. The lowest BCUT2D eigenvalue weighted by molar-refractivity contribution is -0.122. The minimum Gasteiger partial charge on any atom is -0.352 e. The normalized spacial score (nSPS) is 13.3. The maximum atomic E-state index is 12.5. The fraction of sp³-hybridized carbons (Fsp3) is 0.316. The van der Waals surface area contributed by atoms with Crippen LogP contribution in [0.25, 0.3) is 10.2 Å². The van der Waals surface area contributed by atoms with E-state index in [4.69, 9.17) is 5.73 Å². The standard InChI is InChI=1S/C19H23N5O2S/c1-11-14-9-16(27-19(14)24(3)23-11)18(26)22-12(2)17(25)21-10-15(20)13-7-5-4-6-8-13/h4-9,12,15H,10,20H2,1-3H3,(H,21,25)(H,22,26). The molecule has 0 aliphatic carbocycles. The zero-order valence-corrected chi connectivity index (χ0v) is 16.3. The molecule has 8 heteroatoms. The van der Waals surface area contributed by atoms with Crippen LogP contribution >= 0.6 is 11.3 Å². The molecule has 2 heterocycles. The summed E-state index contributed by atoms with van der Waals surface area (Å²) in [5.74, 6) is -0.542. The lowest BCUT2D eigenvalue weighted by Crippen LogP contribution is -2.46. The second-order valence-corrected chi connectivity index (χ2v) is 7.53. The number of nitrogens with zero attached hydrogens (tertiary/aromatic N) is 2. The van der Waals surface area contributed by atoms with Crippen molar-refractivity contribution in [3.8, 4) is 0 Å². The molecule has 0 aliphatic heterocycles. The van der Waals surface area contributed by atoms with Gasteiger partial charge in [-0.25, -0.2) is 0 Å². The maximum Gasteiger partial charge on any atom is 0.262 e. The van der Waals surface area contributed by atoms with Crippen LogP contribution in [0.15, 0.2) is 36.4 Å². The molecule has 0 spiro atoms. The first kappa shape index (κ1) is 19.1. The van der Waals surface area contributed by atoms with E-state index < -0.39 is 6.04 Å². The molecule has 0 fully saturated rings. The number of hydrogen-bond donors (Lipinski definition) is 3. The van der Waals surface area contributed by atoms with E-state index >= 15 is 0 Å². The summed E-state index contributed by atoms with van der Waals surface area (Å²) >= 11 is 1.36. The molecule has 0 radical (unpaired) electrons. The molecule has 142 valence electrons. The molecule has 2 amide bonds. The van der Waals surface area contributed by atoms with Crippen molar-refractivity contribution in [3.05, 3.63) is 52.5 Å². The van der Waals surface area contributed by atoms with Crippen molar-refractivity contribution in [2.24, 2.45) is 12.8 Å². The topological polar surface area (TPSA) is 102 Å². The van der Waals surface area contributed by atoms with E-state index in [2.05, 4.69) is 15.7 Å². The lowest BCUT2D eigenvalue weighted by Gasteiger charge is -2.17. The number of fused-ring (bicyclic) bond motifs is 1. The highest BCUT2D eigenvalue weighted by Gasteiger charge is 2.20. The van der Waals surface area contributed by atoms with Crippen LogP contribution in [0.2, 0.25) is 0 Å².